The maximum Gasteiger partial charge on any atom is 0.119 e. The Bertz CT molecular complexity index is 4020. The molecule has 12 aromatic carbocycles. The van der Waals surface area contributed by atoms with Crippen molar-refractivity contribution in [2.75, 3.05) is 24.0 Å². The quantitative estimate of drug-likeness (QED) is 0.0670. The molecule has 0 saturated carbocycles. The van der Waals surface area contributed by atoms with Gasteiger partial charge in [-0.15, -0.1) is 0 Å². The van der Waals surface area contributed by atoms with Gasteiger partial charge in [-0.05, 0) is 174 Å². The Morgan fingerprint density at radius 3 is 0.939 bits per heavy atom. The van der Waals surface area contributed by atoms with Gasteiger partial charge in [0.1, 0.15) is 11.5 Å². The van der Waals surface area contributed by atoms with Crippen LogP contribution in [0.25, 0.3) is 56.0 Å². The van der Waals surface area contributed by atoms with Crippen molar-refractivity contribution in [3.8, 4) is 22.6 Å². The normalized spacial score (nSPS) is 11.2. The van der Waals surface area contributed by atoms with Crippen molar-refractivity contribution in [1.82, 2.24) is 0 Å². The summed E-state index contributed by atoms with van der Waals surface area (Å²) in [5.74, 6) is 1.60. The van der Waals surface area contributed by atoms with Crippen molar-refractivity contribution >= 4 is 79.0 Å². The maximum absolute atomic E-state index is 5.55. The molecule has 0 unspecified atom stereocenters. The van der Waals surface area contributed by atoms with E-state index in [9.17, 15) is 0 Å². The van der Waals surface area contributed by atoms with Crippen LogP contribution in [-0.4, -0.2) is 14.2 Å². The predicted molar refractivity (Wildman–Crippen MR) is 347 cm³/mol. The molecule has 12 rings (SSSR count). The smallest absolute Gasteiger partial charge is 0.119 e. The number of hydrogen-bond acceptors (Lipinski definition) is 4. The highest BCUT2D eigenvalue weighted by Crippen LogP contribution is 2.44. The second-order valence-corrected chi connectivity index (χ2v) is 19.9. The van der Waals surface area contributed by atoms with E-state index < -0.39 is 0 Å². The van der Waals surface area contributed by atoms with Crippen LogP contribution in [0.4, 0.5) is 34.1 Å². The van der Waals surface area contributed by atoms with Crippen molar-refractivity contribution in [3.05, 3.63) is 349 Å². The fourth-order valence-corrected chi connectivity index (χ4v) is 11.0. The first-order chi connectivity index (χ1) is 40.6. The molecule has 0 aliphatic rings. The minimum absolute atomic E-state index is 0.800. The summed E-state index contributed by atoms with van der Waals surface area (Å²) in [5.41, 5.74) is 17.8. The molecule has 82 heavy (non-hydrogen) atoms. The lowest BCUT2D eigenvalue weighted by molar-refractivity contribution is 0.415. The molecule has 0 aliphatic carbocycles. The molecule has 0 N–H and O–H groups in total. The molecule has 0 aromatic heterocycles. The van der Waals surface area contributed by atoms with E-state index in [1.54, 1.807) is 14.2 Å². The van der Waals surface area contributed by atoms with Crippen LogP contribution >= 0.6 is 0 Å². The number of benzene rings is 12. The van der Waals surface area contributed by atoms with Gasteiger partial charge in [0.05, 0.1) is 14.2 Å². The molecule has 0 spiro atoms. The van der Waals surface area contributed by atoms with Gasteiger partial charge in [0, 0.05) is 34.1 Å². The summed E-state index contributed by atoms with van der Waals surface area (Å²) in [5, 5.41) is 4.81. The molecule has 0 fully saturated rings. The van der Waals surface area contributed by atoms with E-state index in [1.807, 2.05) is 24.3 Å². The molecule has 4 nitrogen and oxygen atoms in total. The number of fused-ring (bicyclic) bond motifs is 2. The van der Waals surface area contributed by atoms with Gasteiger partial charge >= 0.3 is 0 Å². The lowest BCUT2D eigenvalue weighted by Crippen LogP contribution is -2.12. The van der Waals surface area contributed by atoms with Crippen LogP contribution in [0.2, 0.25) is 0 Å². The van der Waals surface area contributed by atoms with Gasteiger partial charge in [-0.3, -0.25) is 0 Å². The third-order valence-electron chi connectivity index (χ3n) is 15.0. The third kappa shape index (κ3) is 11.3. The Balaban J connectivity index is 0.927. The minimum Gasteiger partial charge on any atom is -0.497 e. The second-order valence-electron chi connectivity index (χ2n) is 19.9. The Labute approximate surface area is 481 Å². The molecule has 0 aliphatic heterocycles. The summed E-state index contributed by atoms with van der Waals surface area (Å²) in [7, 11) is 3.39. The first-order valence-electron chi connectivity index (χ1n) is 27.7. The molecule has 0 amide bonds. The van der Waals surface area contributed by atoms with Crippen molar-refractivity contribution < 1.29 is 9.47 Å². The van der Waals surface area contributed by atoms with Gasteiger partial charge in [0.15, 0.2) is 0 Å². The molecule has 0 atom stereocenters. The van der Waals surface area contributed by atoms with Crippen LogP contribution in [0.5, 0.6) is 11.5 Å². The number of rotatable bonds is 17. The number of ether oxygens (including phenoxy) is 2. The van der Waals surface area contributed by atoms with Crippen molar-refractivity contribution in [3.63, 3.8) is 0 Å². The summed E-state index contributed by atoms with van der Waals surface area (Å²) in [6.07, 6.45) is 13.3. The number of hydrogen-bond donors (Lipinski definition) is 0. The number of nitrogens with zero attached hydrogens (tertiary/aromatic N) is 2. The zero-order valence-corrected chi connectivity index (χ0v) is 45.9. The zero-order chi connectivity index (χ0) is 55.5. The maximum atomic E-state index is 5.55. The Morgan fingerprint density at radius 1 is 0.293 bits per heavy atom. The number of methoxy groups -OCH3 is 2. The Kier molecular flexibility index (Phi) is 15.6. The highest BCUT2D eigenvalue weighted by atomic mass is 16.5. The van der Waals surface area contributed by atoms with Gasteiger partial charge in [0.2, 0.25) is 0 Å². The largest absolute Gasteiger partial charge is 0.497 e. The van der Waals surface area contributed by atoms with Crippen LogP contribution in [0, 0.1) is 0 Å². The Hall–Kier alpha value is -10.7. The molecular weight excluding hydrogens is 997 g/mol. The first-order valence-corrected chi connectivity index (χ1v) is 27.7. The highest BCUT2D eigenvalue weighted by Gasteiger charge is 2.19. The summed E-state index contributed by atoms with van der Waals surface area (Å²) in [4.78, 5) is 4.59. The SMILES string of the molecule is COc1ccc(N(c2ccc(OC)cc2)c2ccc(N(c3ccc(C=CC=C(c4ccccc4)c4ccccc4)cc3)c3ccc(-c4c5ccccc5c(C=CC=C(c5ccccc5)c5ccccc5)c5ccccc45)cc3)cc2)cc1. The second kappa shape index (κ2) is 24.6. The zero-order valence-electron chi connectivity index (χ0n) is 45.9. The lowest BCUT2D eigenvalue weighted by atomic mass is 9.88. The van der Waals surface area contributed by atoms with E-state index in [1.165, 1.54) is 66.1 Å². The predicted octanol–water partition coefficient (Wildman–Crippen LogP) is 20.9. The molecule has 0 saturated heterocycles. The third-order valence-corrected chi connectivity index (χ3v) is 15.0. The lowest BCUT2D eigenvalue weighted by Gasteiger charge is -2.28. The average molecular weight is 1060 g/mol. The van der Waals surface area contributed by atoms with Crippen molar-refractivity contribution in [2.45, 2.75) is 0 Å². The molecule has 0 radical (unpaired) electrons. The summed E-state index contributed by atoms with van der Waals surface area (Å²) < 4.78 is 11.1. The van der Waals surface area contributed by atoms with Crippen molar-refractivity contribution in [1.29, 1.82) is 0 Å². The fourth-order valence-electron chi connectivity index (χ4n) is 11.0. The summed E-state index contributed by atoms with van der Waals surface area (Å²) in [6, 6.07) is 103. The first kappa shape index (κ1) is 52.0. The monoisotopic (exact) mass is 1060 g/mol. The van der Waals surface area contributed by atoms with E-state index >= 15 is 0 Å². The van der Waals surface area contributed by atoms with Crippen LogP contribution in [0.1, 0.15) is 33.4 Å². The molecule has 0 heterocycles. The van der Waals surface area contributed by atoms with Crippen LogP contribution in [-0.2, 0) is 0 Å². The van der Waals surface area contributed by atoms with Gasteiger partial charge in [-0.1, -0.05) is 231 Å². The molecule has 12 aromatic rings. The van der Waals surface area contributed by atoms with Crippen LogP contribution in [0.3, 0.4) is 0 Å². The minimum atomic E-state index is 0.800. The van der Waals surface area contributed by atoms with Gasteiger partial charge in [0.25, 0.3) is 0 Å². The van der Waals surface area contributed by atoms with E-state index in [2.05, 4.69) is 313 Å². The van der Waals surface area contributed by atoms with Gasteiger partial charge in [-0.25, -0.2) is 0 Å². The van der Waals surface area contributed by atoms with Crippen molar-refractivity contribution in [2.24, 2.45) is 0 Å². The summed E-state index contributed by atoms with van der Waals surface area (Å²) >= 11 is 0. The van der Waals surface area contributed by atoms with E-state index in [0.29, 0.717) is 0 Å². The van der Waals surface area contributed by atoms with E-state index in [4.69, 9.17) is 9.47 Å². The highest BCUT2D eigenvalue weighted by molar-refractivity contribution is 6.17. The standard InChI is InChI=1S/C78H60N2O2/c1-81-69-53-49-67(50-54-69)80(68-51-55-70(82-2)56-52-68)66-47-45-65(46-48-66)79(63-41-37-57(38-42-63)21-19-34-71(58-22-7-3-8-23-58)59-24-9-4-10-25-59)64-43-39-62(40-44-64)78-76-32-17-15-30-74(76)73(75-31-16-18-33-77(75)78)36-20-35-72(60-26-11-5-12-27-60)61-28-13-6-14-29-61/h3-56H,1-2H3. The molecule has 394 valence electrons. The number of allylic oxidation sites excluding steroid dienone is 4. The van der Waals surface area contributed by atoms with Crippen LogP contribution < -0.4 is 19.3 Å². The Morgan fingerprint density at radius 2 is 0.585 bits per heavy atom. The number of anilines is 6. The van der Waals surface area contributed by atoms with Gasteiger partial charge in [-0.2, -0.15) is 0 Å². The van der Waals surface area contributed by atoms with E-state index in [-0.39, 0.29) is 0 Å². The van der Waals surface area contributed by atoms with Gasteiger partial charge < -0.3 is 19.3 Å². The summed E-state index contributed by atoms with van der Waals surface area (Å²) in [6.45, 7) is 0. The average Bonchev–Trinajstić information content (AvgIpc) is 2.72. The molecular formula is C78H60N2O2. The molecule has 4 heteroatoms. The molecule has 0 bridgehead atoms. The van der Waals surface area contributed by atoms with E-state index in [0.717, 1.165) is 56.8 Å². The van der Waals surface area contributed by atoms with Crippen LogP contribution in [0.15, 0.2) is 315 Å². The fraction of sp³-hybridized carbons (Fsp3) is 0.0256. The topological polar surface area (TPSA) is 24.9 Å².